The van der Waals surface area contributed by atoms with Crippen molar-refractivity contribution < 1.29 is 23.9 Å². The molecule has 2 amide bonds. The minimum atomic E-state index is -0.727. The summed E-state index contributed by atoms with van der Waals surface area (Å²) in [6, 6.07) is 14.1. The largest absolute Gasteiger partial charge is 0.452 e. The van der Waals surface area contributed by atoms with E-state index in [9.17, 15) is 19.2 Å². The van der Waals surface area contributed by atoms with Crippen LogP contribution in [0.1, 0.15) is 40.1 Å². The Kier molecular flexibility index (Phi) is 7.45. The van der Waals surface area contributed by atoms with Gasteiger partial charge in [0.15, 0.2) is 12.4 Å². The summed E-state index contributed by atoms with van der Waals surface area (Å²) in [6.07, 6.45) is 0. The number of ether oxygens (including phenoxy) is 1. The second-order valence-corrected chi connectivity index (χ2v) is 6.03. The van der Waals surface area contributed by atoms with Crippen LogP contribution in [0.3, 0.4) is 0 Å². The van der Waals surface area contributed by atoms with Gasteiger partial charge in [0.1, 0.15) is 6.04 Å². The number of rotatable bonds is 8. The second-order valence-electron chi connectivity index (χ2n) is 6.03. The fourth-order valence-electron chi connectivity index (χ4n) is 2.40. The van der Waals surface area contributed by atoms with E-state index in [1.54, 1.807) is 31.2 Å². The molecule has 0 aliphatic carbocycles. The number of carbonyl (C=O) groups excluding carboxylic acids is 4. The van der Waals surface area contributed by atoms with Crippen molar-refractivity contribution >= 4 is 23.6 Å². The number of amides is 2. The first kappa shape index (κ1) is 20.8. The molecule has 0 fully saturated rings. The molecule has 0 aliphatic heterocycles. The minimum Gasteiger partial charge on any atom is -0.452 e. The summed E-state index contributed by atoms with van der Waals surface area (Å²) in [6.45, 7) is 3.25. The van der Waals surface area contributed by atoms with Crippen LogP contribution in [0.5, 0.6) is 0 Å². The molecule has 0 unspecified atom stereocenters. The lowest BCUT2D eigenvalue weighted by molar-refractivity contribution is -0.130. The third-order valence-corrected chi connectivity index (χ3v) is 3.87. The molecule has 0 heterocycles. The van der Waals surface area contributed by atoms with Gasteiger partial charge in [-0.2, -0.15) is 0 Å². The van der Waals surface area contributed by atoms with Crippen molar-refractivity contribution in [3.05, 3.63) is 71.3 Å². The Morgan fingerprint density at radius 3 is 2.07 bits per heavy atom. The van der Waals surface area contributed by atoms with Gasteiger partial charge in [0.05, 0.1) is 5.56 Å². The fraction of sp³-hybridized carbons (Fsp3) is 0.238. The molecule has 2 rings (SSSR count). The molecule has 0 saturated carbocycles. The van der Waals surface area contributed by atoms with E-state index < -0.39 is 24.5 Å². The summed E-state index contributed by atoms with van der Waals surface area (Å²) in [7, 11) is 0. The van der Waals surface area contributed by atoms with Crippen LogP contribution in [0.2, 0.25) is 0 Å². The standard InChI is InChI=1S/C21H22N2O5/c1-3-22-20(26)14(2)23-18(24)13-28-21(27)17-11-9-16(10-12-17)19(25)15-7-5-4-6-8-15/h4-12,14H,3,13H2,1-2H3,(H,22,26)(H,23,24)/t14-/m0/s1. The number of carbonyl (C=O) groups is 4. The van der Waals surface area contributed by atoms with Crippen molar-refractivity contribution in [3.8, 4) is 0 Å². The second kappa shape index (κ2) is 10.0. The van der Waals surface area contributed by atoms with Crippen LogP contribution >= 0.6 is 0 Å². The van der Waals surface area contributed by atoms with Crippen LogP contribution in [0.25, 0.3) is 0 Å². The Morgan fingerprint density at radius 2 is 1.46 bits per heavy atom. The third-order valence-electron chi connectivity index (χ3n) is 3.87. The zero-order chi connectivity index (χ0) is 20.5. The highest BCUT2D eigenvalue weighted by Crippen LogP contribution is 2.11. The molecule has 28 heavy (non-hydrogen) atoms. The van der Waals surface area contributed by atoms with E-state index in [0.29, 0.717) is 17.7 Å². The molecule has 1 atom stereocenters. The number of ketones is 1. The van der Waals surface area contributed by atoms with Gasteiger partial charge in [-0.1, -0.05) is 42.5 Å². The van der Waals surface area contributed by atoms with Gasteiger partial charge < -0.3 is 15.4 Å². The highest BCUT2D eigenvalue weighted by Gasteiger charge is 2.17. The molecule has 2 aromatic rings. The number of esters is 1. The first-order valence-corrected chi connectivity index (χ1v) is 8.86. The Labute approximate surface area is 163 Å². The molecule has 7 nitrogen and oxygen atoms in total. The maximum Gasteiger partial charge on any atom is 0.338 e. The average Bonchev–Trinajstić information content (AvgIpc) is 2.72. The van der Waals surface area contributed by atoms with Crippen LogP contribution in [0, 0.1) is 0 Å². The predicted octanol–water partition coefficient (Wildman–Crippen LogP) is 1.72. The minimum absolute atomic E-state index is 0.153. The van der Waals surface area contributed by atoms with Crippen molar-refractivity contribution in [1.82, 2.24) is 10.6 Å². The van der Waals surface area contributed by atoms with Gasteiger partial charge >= 0.3 is 5.97 Å². The van der Waals surface area contributed by atoms with E-state index in [4.69, 9.17) is 4.74 Å². The summed E-state index contributed by atoms with van der Waals surface area (Å²) < 4.78 is 4.95. The number of nitrogens with one attached hydrogen (secondary N) is 2. The lowest BCUT2D eigenvalue weighted by Gasteiger charge is -2.13. The summed E-state index contributed by atoms with van der Waals surface area (Å²) >= 11 is 0. The van der Waals surface area contributed by atoms with E-state index in [-0.39, 0.29) is 17.3 Å². The van der Waals surface area contributed by atoms with Crippen molar-refractivity contribution in [1.29, 1.82) is 0 Å². The first-order valence-electron chi connectivity index (χ1n) is 8.86. The van der Waals surface area contributed by atoms with Crippen molar-refractivity contribution in [3.63, 3.8) is 0 Å². The van der Waals surface area contributed by atoms with Gasteiger partial charge in [-0.3, -0.25) is 14.4 Å². The summed E-state index contributed by atoms with van der Waals surface area (Å²) in [5.41, 5.74) is 1.21. The molecule has 0 aromatic heterocycles. The van der Waals surface area contributed by atoms with E-state index >= 15 is 0 Å². The van der Waals surface area contributed by atoms with Gasteiger partial charge in [0.2, 0.25) is 5.91 Å². The molecular formula is C21H22N2O5. The summed E-state index contributed by atoms with van der Waals surface area (Å²) in [4.78, 5) is 47.8. The maximum atomic E-state index is 12.3. The van der Waals surface area contributed by atoms with Gasteiger partial charge in [-0.15, -0.1) is 0 Å². The lowest BCUT2D eigenvalue weighted by atomic mass is 10.0. The van der Waals surface area contributed by atoms with E-state index in [2.05, 4.69) is 10.6 Å². The summed E-state index contributed by atoms with van der Waals surface area (Å²) in [5.74, 6) is -1.75. The van der Waals surface area contributed by atoms with E-state index in [0.717, 1.165) is 0 Å². The Hall–Kier alpha value is -3.48. The molecule has 146 valence electrons. The molecule has 7 heteroatoms. The number of likely N-dealkylation sites (N-methyl/N-ethyl adjacent to an activating group) is 1. The molecule has 0 bridgehead atoms. The van der Waals surface area contributed by atoms with Crippen LogP contribution < -0.4 is 10.6 Å². The van der Waals surface area contributed by atoms with E-state index in [1.807, 2.05) is 6.07 Å². The monoisotopic (exact) mass is 382 g/mol. The fourth-order valence-corrected chi connectivity index (χ4v) is 2.40. The molecule has 0 spiro atoms. The SMILES string of the molecule is CCNC(=O)[C@H](C)NC(=O)COC(=O)c1ccc(C(=O)c2ccccc2)cc1. The van der Waals surface area contributed by atoms with E-state index in [1.165, 1.54) is 31.2 Å². The maximum absolute atomic E-state index is 12.3. The average molecular weight is 382 g/mol. The number of hydrogen-bond acceptors (Lipinski definition) is 5. The quantitative estimate of drug-likeness (QED) is 0.535. The van der Waals surface area contributed by atoms with Crippen molar-refractivity contribution in [2.75, 3.05) is 13.2 Å². The Morgan fingerprint density at radius 1 is 0.893 bits per heavy atom. The first-order chi connectivity index (χ1) is 13.4. The van der Waals surface area contributed by atoms with Gasteiger partial charge in [-0.05, 0) is 26.0 Å². The molecule has 0 aliphatic rings. The smallest absolute Gasteiger partial charge is 0.338 e. The Bertz CT molecular complexity index is 847. The number of benzene rings is 2. The van der Waals surface area contributed by atoms with Crippen LogP contribution in [-0.4, -0.2) is 42.8 Å². The van der Waals surface area contributed by atoms with Crippen molar-refractivity contribution in [2.24, 2.45) is 0 Å². The highest BCUT2D eigenvalue weighted by atomic mass is 16.5. The molecule has 2 aromatic carbocycles. The van der Waals surface area contributed by atoms with Crippen LogP contribution in [-0.2, 0) is 14.3 Å². The molecular weight excluding hydrogens is 360 g/mol. The third kappa shape index (κ3) is 5.77. The predicted molar refractivity (Wildman–Crippen MR) is 103 cm³/mol. The molecule has 0 radical (unpaired) electrons. The normalized spacial score (nSPS) is 11.2. The lowest BCUT2D eigenvalue weighted by Crippen LogP contribution is -2.46. The van der Waals surface area contributed by atoms with Crippen LogP contribution in [0.15, 0.2) is 54.6 Å². The molecule has 0 saturated heterocycles. The topological polar surface area (TPSA) is 102 Å². The van der Waals surface area contributed by atoms with Crippen LogP contribution in [0.4, 0.5) is 0 Å². The zero-order valence-corrected chi connectivity index (χ0v) is 15.7. The highest BCUT2D eigenvalue weighted by molar-refractivity contribution is 6.09. The van der Waals surface area contributed by atoms with Gasteiger partial charge in [-0.25, -0.2) is 4.79 Å². The number of hydrogen-bond donors (Lipinski definition) is 2. The molecule has 2 N–H and O–H groups in total. The Balaban J connectivity index is 1.88. The van der Waals surface area contributed by atoms with Gasteiger partial charge in [0.25, 0.3) is 5.91 Å². The summed E-state index contributed by atoms with van der Waals surface area (Å²) in [5, 5.41) is 5.02. The van der Waals surface area contributed by atoms with Gasteiger partial charge in [0, 0.05) is 17.7 Å². The zero-order valence-electron chi connectivity index (χ0n) is 15.7. The van der Waals surface area contributed by atoms with Crippen molar-refractivity contribution in [2.45, 2.75) is 19.9 Å².